The van der Waals surface area contributed by atoms with Crippen LogP contribution in [0, 0.1) is 5.41 Å². The van der Waals surface area contributed by atoms with Crippen molar-refractivity contribution in [2.24, 2.45) is 0 Å². The summed E-state index contributed by atoms with van der Waals surface area (Å²) in [6, 6.07) is 0. The molecule has 0 aliphatic heterocycles. The van der Waals surface area contributed by atoms with Crippen LogP contribution >= 0.6 is 24.0 Å². The molecule has 0 fully saturated rings. The number of hydrogen-bond acceptors (Lipinski definition) is 3. The van der Waals surface area contributed by atoms with Crippen molar-refractivity contribution in [2.75, 3.05) is 19.8 Å². The van der Waals surface area contributed by atoms with Gasteiger partial charge in [-0.3, -0.25) is 0 Å². The molecule has 0 rings (SSSR count). The van der Waals surface area contributed by atoms with Crippen molar-refractivity contribution in [3.05, 3.63) is 0 Å². The highest BCUT2D eigenvalue weighted by molar-refractivity contribution is 8.22. The summed E-state index contributed by atoms with van der Waals surface area (Å²) in [4.78, 5) is 1.95. The first-order chi connectivity index (χ1) is 4.68. The smallest absolute Gasteiger partial charge is 0.135 e. The van der Waals surface area contributed by atoms with Gasteiger partial charge in [-0.05, 0) is 12.5 Å². The fraction of sp³-hybridized carbons (Fsp3) is 0.667. The lowest BCUT2D eigenvalue weighted by Crippen LogP contribution is -2.15. The van der Waals surface area contributed by atoms with Gasteiger partial charge < -0.3 is 10.3 Å². The molecule has 0 heterocycles. The lowest BCUT2D eigenvalue weighted by molar-refractivity contribution is 0.648. The molecule has 4 heteroatoms. The van der Waals surface area contributed by atoms with Crippen LogP contribution in [0.2, 0.25) is 0 Å². The van der Waals surface area contributed by atoms with E-state index in [1.807, 2.05) is 19.0 Å². The number of thioether (sulfide) groups is 1. The van der Waals surface area contributed by atoms with Crippen LogP contribution in [0.4, 0.5) is 0 Å². The van der Waals surface area contributed by atoms with E-state index in [0.717, 1.165) is 10.1 Å². The third kappa shape index (κ3) is 7.91. The summed E-state index contributed by atoms with van der Waals surface area (Å²) in [7, 11) is 3.93. The standard InChI is InChI=1S/C5H11NS2.CH3N/c1-4-8-5(7)6(2)3;1-2/h4H2,1-3H3;2H,1H2. The third-order valence-corrected chi connectivity index (χ3v) is 2.25. The van der Waals surface area contributed by atoms with E-state index in [0.29, 0.717) is 0 Å². The molecular formula is C6H14N2S2. The molecule has 1 N–H and O–H groups in total. The second-order valence-corrected chi connectivity index (χ2v) is 3.49. The lowest BCUT2D eigenvalue weighted by Gasteiger charge is -2.10. The largest absolute Gasteiger partial charge is 0.364 e. The van der Waals surface area contributed by atoms with Crippen molar-refractivity contribution in [3.8, 4) is 0 Å². The Morgan fingerprint density at radius 1 is 1.60 bits per heavy atom. The van der Waals surface area contributed by atoms with E-state index in [9.17, 15) is 0 Å². The Labute approximate surface area is 72.5 Å². The lowest BCUT2D eigenvalue weighted by atomic mass is 11.0. The van der Waals surface area contributed by atoms with Crippen LogP contribution in [0.1, 0.15) is 6.92 Å². The van der Waals surface area contributed by atoms with Gasteiger partial charge in [0, 0.05) is 14.1 Å². The molecule has 0 aromatic carbocycles. The van der Waals surface area contributed by atoms with Crippen LogP contribution in [-0.2, 0) is 0 Å². The summed E-state index contributed by atoms with van der Waals surface area (Å²) in [6.07, 6.45) is 0. The molecule has 0 aliphatic rings. The monoisotopic (exact) mass is 178 g/mol. The second kappa shape index (κ2) is 8.91. The van der Waals surface area contributed by atoms with Crippen molar-refractivity contribution in [1.29, 1.82) is 5.41 Å². The van der Waals surface area contributed by atoms with Gasteiger partial charge in [0.05, 0.1) is 0 Å². The zero-order valence-corrected chi connectivity index (χ0v) is 8.31. The van der Waals surface area contributed by atoms with Crippen molar-refractivity contribution >= 4 is 35.0 Å². The quantitative estimate of drug-likeness (QED) is 0.490. The normalized spacial score (nSPS) is 7.50. The second-order valence-electron chi connectivity index (χ2n) is 1.59. The predicted molar refractivity (Wildman–Crippen MR) is 54.3 cm³/mol. The Hall–Kier alpha value is -0.0900. The van der Waals surface area contributed by atoms with Crippen LogP contribution in [0.15, 0.2) is 0 Å². The molecule has 0 radical (unpaired) electrons. The molecule has 0 atom stereocenters. The fourth-order valence-electron chi connectivity index (χ4n) is 0.253. The van der Waals surface area contributed by atoms with E-state index in [2.05, 4.69) is 13.6 Å². The van der Waals surface area contributed by atoms with Crippen LogP contribution in [0.25, 0.3) is 0 Å². The Morgan fingerprint density at radius 3 is 2.10 bits per heavy atom. The summed E-state index contributed by atoms with van der Waals surface area (Å²) < 4.78 is 0.965. The minimum atomic E-state index is 0.965. The fourth-order valence-corrected chi connectivity index (χ4v) is 1.11. The molecule has 0 saturated carbocycles. The molecule has 0 bridgehead atoms. The topological polar surface area (TPSA) is 27.1 Å². The summed E-state index contributed by atoms with van der Waals surface area (Å²) in [5.41, 5.74) is 0. The average molecular weight is 178 g/mol. The van der Waals surface area contributed by atoms with E-state index < -0.39 is 0 Å². The van der Waals surface area contributed by atoms with Gasteiger partial charge in [-0.1, -0.05) is 30.9 Å². The first-order valence-corrected chi connectivity index (χ1v) is 4.27. The number of nitrogens with one attached hydrogen (secondary N) is 1. The molecule has 0 unspecified atom stereocenters. The third-order valence-electron chi connectivity index (χ3n) is 0.633. The molecule has 2 nitrogen and oxygen atoms in total. The summed E-state index contributed by atoms with van der Waals surface area (Å²) in [5.74, 6) is 1.07. The van der Waals surface area contributed by atoms with E-state index >= 15 is 0 Å². The van der Waals surface area contributed by atoms with Crippen molar-refractivity contribution in [3.63, 3.8) is 0 Å². The minimum absolute atomic E-state index is 0.965. The van der Waals surface area contributed by atoms with E-state index in [1.54, 1.807) is 11.8 Å². The number of nitrogens with zero attached hydrogens (tertiary/aromatic N) is 1. The highest BCUT2D eigenvalue weighted by Gasteiger charge is 1.94. The number of hydrogen-bond donors (Lipinski definition) is 1. The minimum Gasteiger partial charge on any atom is -0.364 e. The highest BCUT2D eigenvalue weighted by Crippen LogP contribution is 2.03. The Bertz CT molecular complexity index is 93.7. The van der Waals surface area contributed by atoms with Gasteiger partial charge in [-0.15, -0.1) is 0 Å². The SMILES string of the molecule is C=N.CCSC(=S)N(C)C. The molecule has 0 aromatic heterocycles. The van der Waals surface area contributed by atoms with Gasteiger partial charge >= 0.3 is 0 Å². The number of thiocarbonyl (C=S) groups is 1. The molecular weight excluding hydrogens is 164 g/mol. The molecule has 0 aliphatic carbocycles. The van der Waals surface area contributed by atoms with Gasteiger partial charge in [-0.2, -0.15) is 0 Å². The number of rotatable bonds is 1. The van der Waals surface area contributed by atoms with Gasteiger partial charge in [-0.25, -0.2) is 0 Å². The molecule has 60 valence electrons. The molecule has 0 saturated heterocycles. The summed E-state index contributed by atoms with van der Waals surface area (Å²) in [5, 5.41) is 5.50. The van der Waals surface area contributed by atoms with Gasteiger partial charge in [0.1, 0.15) is 4.32 Å². The van der Waals surface area contributed by atoms with Crippen molar-refractivity contribution in [2.45, 2.75) is 6.92 Å². The van der Waals surface area contributed by atoms with E-state index in [-0.39, 0.29) is 0 Å². The maximum Gasteiger partial charge on any atom is 0.135 e. The molecule has 0 amide bonds. The van der Waals surface area contributed by atoms with E-state index in [1.165, 1.54) is 0 Å². The van der Waals surface area contributed by atoms with Gasteiger partial charge in [0.15, 0.2) is 0 Å². The van der Waals surface area contributed by atoms with Crippen LogP contribution in [-0.4, -0.2) is 35.8 Å². The Balaban J connectivity index is 0. The molecule has 0 spiro atoms. The van der Waals surface area contributed by atoms with Crippen LogP contribution in [0.3, 0.4) is 0 Å². The van der Waals surface area contributed by atoms with Crippen molar-refractivity contribution < 1.29 is 0 Å². The van der Waals surface area contributed by atoms with Crippen LogP contribution in [0.5, 0.6) is 0 Å². The van der Waals surface area contributed by atoms with Crippen LogP contribution < -0.4 is 0 Å². The Kier molecular flexibility index (Phi) is 11.2. The first-order valence-electron chi connectivity index (χ1n) is 2.88. The maximum atomic E-state index is 5.50. The highest BCUT2D eigenvalue weighted by atomic mass is 32.2. The van der Waals surface area contributed by atoms with Crippen molar-refractivity contribution in [1.82, 2.24) is 4.90 Å². The van der Waals surface area contributed by atoms with Gasteiger partial charge in [0.25, 0.3) is 0 Å². The molecule has 0 aromatic rings. The van der Waals surface area contributed by atoms with E-state index in [4.69, 9.17) is 17.6 Å². The zero-order chi connectivity index (χ0) is 8.57. The Morgan fingerprint density at radius 2 is 2.00 bits per heavy atom. The molecule has 10 heavy (non-hydrogen) atoms. The first kappa shape index (κ1) is 12.6. The van der Waals surface area contributed by atoms with Gasteiger partial charge in [0.2, 0.25) is 0 Å². The maximum absolute atomic E-state index is 5.50. The predicted octanol–water partition coefficient (Wildman–Crippen LogP) is 1.85. The average Bonchev–Trinajstić information content (AvgIpc) is 1.93. The zero-order valence-electron chi connectivity index (χ0n) is 6.68. The summed E-state index contributed by atoms with van der Waals surface area (Å²) in [6.45, 7) is 4.60. The summed E-state index contributed by atoms with van der Waals surface area (Å²) >= 11 is 6.66.